The van der Waals surface area contributed by atoms with E-state index >= 15 is 0 Å². The Morgan fingerprint density at radius 2 is 2.17 bits per heavy atom. The molecule has 0 fully saturated rings. The van der Waals surface area contributed by atoms with Gasteiger partial charge in [-0.1, -0.05) is 22.9 Å². The van der Waals surface area contributed by atoms with Crippen molar-refractivity contribution in [3.63, 3.8) is 0 Å². The molecule has 0 saturated heterocycles. The number of halogens is 2. The van der Waals surface area contributed by atoms with Crippen molar-refractivity contribution in [1.82, 2.24) is 0 Å². The number of alkyl halides is 2. The van der Waals surface area contributed by atoms with Gasteiger partial charge in [-0.15, -0.1) is 0 Å². The van der Waals surface area contributed by atoms with Crippen LogP contribution >= 0.6 is 15.9 Å². The lowest BCUT2D eigenvalue weighted by Crippen LogP contribution is -2.30. The summed E-state index contributed by atoms with van der Waals surface area (Å²) in [5, 5.41) is 0. The smallest absolute Gasteiger partial charge is 0.343 e. The van der Waals surface area contributed by atoms with Crippen molar-refractivity contribution < 1.29 is 13.9 Å². The Hall–Kier alpha value is -0.120. The van der Waals surface area contributed by atoms with Gasteiger partial charge in [0.05, 0.1) is 0 Å². The summed E-state index contributed by atoms with van der Waals surface area (Å²) in [7, 11) is 0. The molecule has 0 N–H and O–H groups in total. The topological polar surface area (TPSA) is 26.3 Å². The maximum atomic E-state index is 12.8. The summed E-state index contributed by atoms with van der Waals surface area (Å²) in [6.45, 7) is 4.55. The number of hydrogen-bond acceptors (Lipinski definition) is 2. The Morgan fingerprint density at radius 3 is 2.50 bits per heavy atom. The van der Waals surface area contributed by atoms with Gasteiger partial charge in [-0.2, -0.15) is 0 Å². The van der Waals surface area contributed by atoms with E-state index in [0.29, 0.717) is 0 Å². The molecule has 0 aliphatic rings. The summed E-state index contributed by atoms with van der Waals surface area (Å²) in [5.74, 6) is -0.805. The number of carbonyl (C=O) groups excluding carboxylic acids is 1. The molecule has 0 spiro atoms. The van der Waals surface area contributed by atoms with E-state index in [1.54, 1.807) is 0 Å². The Labute approximate surface area is 80.6 Å². The van der Waals surface area contributed by atoms with Crippen LogP contribution in [0.5, 0.6) is 0 Å². The molecule has 0 aliphatic carbocycles. The van der Waals surface area contributed by atoms with Gasteiger partial charge in [-0.05, 0) is 20.3 Å². The highest BCUT2D eigenvalue weighted by molar-refractivity contribution is 9.09. The lowest BCUT2D eigenvalue weighted by atomic mass is 10.2. The first-order chi connectivity index (χ1) is 5.38. The van der Waals surface area contributed by atoms with Gasteiger partial charge in [0.15, 0.2) is 0 Å². The molecule has 0 rings (SSSR count). The highest BCUT2D eigenvalue weighted by atomic mass is 79.9. The van der Waals surface area contributed by atoms with Crippen LogP contribution in [0.15, 0.2) is 0 Å². The number of hydrogen-bond donors (Lipinski definition) is 0. The second-order valence-electron chi connectivity index (χ2n) is 3.08. The van der Waals surface area contributed by atoms with Crippen molar-refractivity contribution in [3.8, 4) is 0 Å². The molecule has 12 heavy (non-hydrogen) atoms. The first-order valence-corrected chi connectivity index (χ1v) is 4.79. The zero-order valence-corrected chi connectivity index (χ0v) is 9.15. The van der Waals surface area contributed by atoms with Crippen molar-refractivity contribution in [1.29, 1.82) is 0 Å². The van der Waals surface area contributed by atoms with Gasteiger partial charge in [0.25, 0.3) is 0 Å². The zero-order valence-electron chi connectivity index (χ0n) is 7.56. The van der Waals surface area contributed by atoms with E-state index in [2.05, 4.69) is 15.9 Å². The Balaban J connectivity index is 3.73. The first kappa shape index (κ1) is 11.9. The lowest BCUT2D eigenvalue weighted by molar-refractivity contribution is -0.155. The molecule has 0 aromatic heterocycles. The molecule has 0 heterocycles. The standard InChI is InChI=1S/C8H14BrFO2/c1-4-6(9)5-12-7(11)8(2,3)10/h6H,4-5H2,1-3H3. The van der Waals surface area contributed by atoms with Crippen LogP contribution in [0.1, 0.15) is 27.2 Å². The highest BCUT2D eigenvalue weighted by Crippen LogP contribution is 2.12. The van der Waals surface area contributed by atoms with Crippen molar-refractivity contribution in [2.75, 3.05) is 6.61 Å². The van der Waals surface area contributed by atoms with Crippen LogP contribution in [-0.4, -0.2) is 23.1 Å². The summed E-state index contributed by atoms with van der Waals surface area (Å²) >= 11 is 3.27. The van der Waals surface area contributed by atoms with Crippen molar-refractivity contribution >= 4 is 21.9 Å². The predicted octanol–water partition coefficient (Wildman–Crippen LogP) is 2.45. The summed E-state index contributed by atoms with van der Waals surface area (Å²) in [4.78, 5) is 11.0. The molecule has 0 amide bonds. The van der Waals surface area contributed by atoms with Crippen LogP contribution in [0.3, 0.4) is 0 Å². The Kier molecular flexibility index (Phi) is 4.75. The van der Waals surface area contributed by atoms with Gasteiger partial charge in [-0.25, -0.2) is 9.18 Å². The van der Waals surface area contributed by atoms with Crippen LogP contribution in [0.25, 0.3) is 0 Å². The first-order valence-electron chi connectivity index (χ1n) is 3.88. The number of ether oxygens (including phenoxy) is 1. The third-order valence-electron chi connectivity index (χ3n) is 1.32. The predicted molar refractivity (Wildman–Crippen MR) is 49.2 cm³/mol. The second-order valence-corrected chi connectivity index (χ2v) is 4.37. The van der Waals surface area contributed by atoms with Crippen LogP contribution in [0, 0.1) is 0 Å². The SMILES string of the molecule is CCC(Br)COC(=O)C(C)(C)F. The van der Waals surface area contributed by atoms with Crippen LogP contribution in [0.2, 0.25) is 0 Å². The van der Waals surface area contributed by atoms with Crippen molar-refractivity contribution in [2.45, 2.75) is 37.7 Å². The van der Waals surface area contributed by atoms with Gasteiger partial charge in [0, 0.05) is 4.83 Å². The monoisotopic (exact) mass is 240 g/mol. The lowest BCUT2D eigenvalue weighted by Gasteiger charge is -2.14. The fourth-order valence-corrected chi connectivity index (χ4v) is 0.588. The van der Waals surface area contributed by atoms with Gasteiger partial charge >= 0.3 is 5.97 Å². The maximum Gasteiger partial charge on any atom is 0.343 e. The molecular formula is C8H14BrFO2. The zero-order chi connectivity index (χ0) is 9.78. The minimum absolute atomic E-state index is 0.115. The van der Waals surface area contributed by atoms with E-state index in [1.165, 1.54) is 13.8 Å². The normalized spacial score (nSPS) is 14.1. The minimum atomic E-state index is -1.89. The van der Waals surface area contributed by atoms with Crippen LogP contribution < -0.4 is 0 Å². The average molecular weight is 241 g/mol. The molecule has 0 aromatic rings. The molecule has 0 aromatic carbocycles. The Bertz CT molecular complexity index is 154. The summed E-state index contributed by atoms with van der Waals surface area (Å²) in [5.41, 5.74) is -1.89. The molecule has 0 radical (unpaired) electrons. The minimum Gasteiger partial charge on any atom is -0.462 e. The summed E-state index contributed by atoms with van der Waals surface area (Å²) < 4.78 is 17.5. The highest BCUT2D eigenvalue weighted by Gasteiger charge is 2.28. The second kappa shape index (κ2) is 4.80. The van der Waals surface area contributed by atoms with E-state index in [-0.39, 0.29) is 11.4 Å². The third-order valence-corrected chi connectivity index (χ3v) is 2.24. The largest absolute Gasteiger partial charge is 0.462 e. The summed E-state index contributed by atoms with van der Waals surface area (Å²) in [6.07, 6.45) is 0.847. The molecule has 0 bridgehead atoms. The molecule has 2 nitrogen and oxygen atoms in total. The maximum absolute atomic E-state index is 12.8. The van der Waals surface area contributed by atoms with Gasteiger partial charge < -0.3 is 4.74 Å². The van der Waals surface area contributed by atoms with E-state index in [1.807, 2.05) is 6.92 Å². The fraction of sp³-hybridized carbons (Fsp3) is 0.875. The molecule has 72 valence electrons. The molecule has 0 saturated carbocycles. The molecule has 1 atom stereocenters. The average Bonchev–Trinajstić information content (AvgIpc) is 1.97. The number of rotatable bonds is 4. The van der Waals surface area contributed by atoms with E-state index in [9.17, 15) is 9.18 Å². The van der Waals surface area contributed by atoms with Gasteiger partial charge in [0.1, 0.15) is 6.61 Å². The van der Waals surface area contributed by atoms with E-state index in [4.69, 9.17) is 4.74 Å². The molecule has 0 aliphatic heterocycles. The fourth-order valence-electron chi connectivity index (χ4n) is 0.456. The van der Waals surface area contributed by atoms with Gasteiger partial charge in [0.2, 0.25) is 5.67 Å². The molecule has 1 unspecified atom stereocenters. The van der Waals surface area contributed by atoms with Crippen molar-refractivity contribution in [2.24, 2.45) is 0 Å². The van der Waals surface area contributed by atoms with Crippen LogP contribution in [0.4, 0.5) is 4.39 Å². The third kappa shape index (κ3) is 4.70. The van der Waals surface area contributed by atoms with E-state index in [0.717, 1.165) is 6.42 Å². The molecular weight excluding hydrogens is 227 g/mol. The summed E-state index contributed by atoms with van der Waals surface area (Å²) in [6, 6.07) is 0. The van der Waals surface area contributed by atoms with E-state index < -0.39 is 11.6 Å². The number of carbonyl (C=O) groups is 1. The molecule has 4 heteroatoms. The van der Waals surface area contributed by atoms with Crippen molar-refractivity contribution in [3.05, 3.63) is 0 Å². The number of esters is 1. The quantitative estimate of drug-likeness (QED) is 0.558. The van der Waals surface area contributed by atoms with Crippen LogP contribution in [-0.2, 0) is 9.53 Å². The van der Waals surface area contributed by atoms with Gasteiger partial charge in [-0.3, -0.25) is 0 Å². The Morgan fingerprint density at radius 1 is 1.67 bits per heavy atom.